The third-order valence-electron chi connectivity index (χ3n) is 1.49. The van der Waals surface area contributed by atoms with Crippen molar-refractivity contribution in [2.45, 2.75) is 19.3 Å². The first-order valence-corrected chi connectivity index (χ1v) is 4.11. The van der Waals surface area contributed by atoms with Crippen LogP contribution in [-0.2, 0) is 9.47 Å². The van der Waals surface area contributed by atoms with Crippen molar-refractivity contribution in [2.75, 3.05) is 20.8 Å². The van der Waals surface area contributed by atoms with E-state index in [1.807, 2.05) is 6.92 Å². The summed E-state index contributed by atoms with van der Waals surface area (Å²) in [6.07, 6.45) is -0.249. The van der Waals surface area contributed by atoms with Crippen molar-refractivity contribution in [3.05, 3.63) is 11.6 Å². The van der Waals surface area contributed by atoms with Gasteiger partial charge in [0.1, 0.15) is 0 Å². The highest BCUT2D eigenvalue weighted by atomic mass is 35.5. The van der Waals surface area contributed by atoms with Crippen LogP contribution < -0.4 is 5.32 Å². The summed E-state index contributed by atoms with van der Waals surface area (Å²) >= 11 is 5.57. The summed E-state index contributed by atoms with van der Waals surface area (Å²) in [5, 5.41) is 3.68. The molecule has 0 rings (SSSR count). The molecule has 0 aromatic carbocycles. The Kier molecular flexibility index (Phi) is 6.38. The molecule has 1 N–H and O–H groups in total. The predicted octanol–water partition coefficient (Wildman–Crippen LogP) is 1.34. The Labute approximate surface area is 78.7 Å². The van der Waals surface area contributed by atoms with Crippen LogP contribution in [0.4, 0.5) is 0 Å². The molecule has 0 heterocycles. The average Bonchev–Trinajstić information content (AvgIpc) is 2.03. The predicted molar refractivity (Wildman–Crippen MR) is 50.3 cm³/mol. The molecular weight excluding hydrogens is 178 g/mol. The van der Waals surface area contributed by atoms with Gasteiger partial charge in [-0.1, -0.05) is 18.2 Å². The van der Waals surface area contributed by atoms with Crippen molar-refractivity contribution in [3.8, 4) is 0 Å². The summed E-state index contributed by atoms with van der Waals surface area (Å²) in [5.41, 5.74) is 0. The fourth-order valence-electron chi connectivity index (χ4n) is 0.872. The Morgan fingerprint density at radius 3 is 2.33 bits per heavy atom. The molecule has 1 unspecified atom stereocenters. The van der Waals surface area contributed by atoms with Gasteiger partial charge in [-0.3, -0.25) is 0 Å². The maximum absolute atomic E-state index is 5.57. The zero-order valence-corrected chi connectivity index (χ0v) is 8.52. The van der Waals surface area contributed by atoms with Crippen molar-refractivity contribution in [1.82, 2.24) is 5.32 Å². The van der Waals surface area contributed by atoms with Crippen molar-refractivity contribution in [3.63, 3.8) is 0 Å². The molecule has 4 heteroatoms. The van der Waals surface area contributed by atoms with Crippen LogP contribution in [0.1, 0.15) is 6.92 Å². The molecule has 0 amide bonds. The molecule has 0 radical (unpaired) electrons. The summed E-state index contributed by atoms with van der Waals surface area (Å²) < 4.78 is 10.1. The van der Waals surface area contributed by atoms with E-state index in [2.05, 4.69) is 11.9 Å². The second-order valence-corrected chi connectivity index (χ2v) is 3.06. The SMILES string of the molecule is C=C(Cl)CNC(C)C(OC)OC. The molecule has 0 spiro atoms. The van der Waals surface area contributed by atoms with Crippen molar-refractivity contribution in [1.29, 1.82) is 0 Å². The zero-order valence-electron chi connectivity index (χ0n) is 7.76. The van der Waals surface area contributed by atoms with Gasteiger partial charge in [0, 0.05) is 25.8 Å². The topological polar surface area (TPSA) is 30.5 Å². The summed E-state index contributed by atoms with van der Waals surface area (Å²) in [6.45, 7) is 6.08. The van der Waals surface area contributed by atoms with E-state index in [0.717, 1.165) is 0 Å². The normalized spacial score (nSPS) is 13.4. The summed E-state index contributed by atoms with van der Waals surface area (Å²) in [5.74, 6) is 0. The highest BCUT2D eigenvalue weighted by Gasteiger charge is 2.14. The molecule has 0 aromatic rings. The van der Waals surface area contributed by atoms with E-state index in [9.17, 15) is 0 Å². The Balaban J connectivity index is 3.68. The first-order valence-electron chi connectivity index (χ1n) is 3.74. The van der Waals surface area contributed by atoms with Crippen molar-refractivity contribution < 1.29 is 9.47 Å². The Morgan fingerprint density at radius 2 is 2.00 bits per heavy atom. The molecule has 12 heavy (non-hydrogen) atoms. The van der Waals surface area contributed by atoms with E-state index in [0.29, 0.717) is 11.6 Å². The third-order valence-corrected chi connectivity index (χ3v) is 1.62. The van der Waals surface area contributed by atoms with E-state index in [1.54, 1.807) is 14.2 Å². The summed E-state index contributed by atoms with van der Waals surface area (Å²) in [4.78, 5) is 0. The smallest absolute Gasteiger partial charge is 0.171 e. The average molecular weight is 194 g/mol. The van der Waals surface area contributed by atoms with E-state index in [4.69, 9.17) is 21.1 Å². The lowest BCUT2D eigenvalue weighted by Gasteiger charge is -2.21. The molecule has 72 valence electrons. The quantitative estimate of drug-likeness (QED) is 0.646. The highest BCUT2D eigenvalue weighted by Crippen LogP contribution is 2.00. The second-order valence-electron chi connectivity index (χ2n) is 2.53. The van der Waals surface area contributed by atoms with Crippen LogP contribution in [0.5, 0.6) is 0 Å². The number of halogens is 1. The number of hydrogen-bond acceptors (Lipinski definition) is 3. The maximum Gasteiger partial charge on any atom is 0.171 e. The van der Waals surface area contributed by atoms with Gasteiger partial charge >= 0.3 is 0 Å². The van der Waals surface area contributed by atoms with Crippen LogP contribution in [0, 0.1) is 0 Å². The molecule has 0 aliphatic heterocycles. The van der Waals surface area contributed by atoms with Crippen LogP contribution in [0.25, 0.3) is 0 Å². The summed E-state index contributed by atoms with van der Waals surface area (Å²) in [7, 11) is 3.20. The minimum absolute atomic E-state index is 0.0931. The molecule has 1 atom stereocenters. The van der Waals surface area contributed by atoms with Gasteiger partial charge in [-0.25, -0.2) is 0 Å². The van der Waals surface area contributed by atoms with E-state index in [1.165, 1.54) is 0 Å². The number of hydrogen-bond donors (Lipinski definition) is 1. The lowest BCUT2D eigenvalue weighted by atomic mass is 10.3. The van der Waals surface area contributed by atoms with E-state index in [-0.39, 0.29) is 12.3 Å². The fraction of sp³-hybridized carbons (Fsp3) is 0.750. The van der Waals surface area contributed by atoms with Gasteiger partial charge in [-0.05, 0) is 6.92 Å². The second kappa shape index (κ2) is 6.43. The monoisotopic (exact) mass is 193 g/mol. The maximum atomic E-state index is 5.57. The Hall–Kier alpha value is -0.0900. The highest BCUT2D eigenvalue weighted by molar-refractivity contribution is 6.29. The van der Waals surface area contributed by atoms with Gasteiger partial charge in [0.25, 0.3) is 0 Å². The molecule has 0 saturated heterocycles. The molecule has 0 aliphatic carbocycles. The molecule has 0 aliphatic rings. The number of rotatable bonds is 6. The minimum atomic E-state index is -0.249. The van der Waals surface area contributed by atoms with Gasteiger partial charge in [-0.15, -0.1) is 0 Å². The first-order chi connectivity index (χ1) is 5.61. The van der Waals surface area contributed by atoms with Crippen LogP contribution in [0.3, 0.4) is 0 Å². The first kappa shape index (κ1) is 11.9. The molecular formula is C8H16ClNO2. The van der Waals surface area contributed by atoms with E-state index < -0.39 is 0 Å². The fourth-order valence-corrected chi connectivity index (χ4v) is 0.950. The molecule has 0 aromatic heterocycles. The van der Waals surface area contributed by atoms with Gasteiger partial charge in [0.05, 0.1) is 6.04 Å². The zero-order chi connectivity index (χ0) is 9.56. The Bertz CT molecular complexity index is 137. The van der Waals surface area contributed by atoms with Gasteiger partial charge in [0.15, 0.2) is 6.29 Å². The van der Waals surface area contributed by atoms with Gasteiger partial charge < -0.3 is 14.8 Å². The molecule has 0 fully saturated rings. The van der Waals surface area contributed by atoms with Crippen molar-refractivity contribution in [2.24, 2.45) is 0 Å². The lowest BCUT2D eigenvalue weighted by Crippen LogP contribution is -2.40. The Morgan fingerprint density at radius 1 is 1.50 bits per heavy atom. The molecule has 0 bridgehead atoms. The number of nitrogens with one attached hydrogen (secondary N) is 1. The van der Waals surface area contributed by atoms with Crippen LogP contribution >= 0.6 is 11.6 Å². The van der Waals surface area contributed by atoms with Crippen molar-refractivity contribution >= 4 is 11.6 Å². The van der Waals surface area contributed by atoms with Gasteiger partial charge in [0.2, 0.25) is 0 Å². The van der Waals surface area contributed by atoms with E-state index >= 15 is 0 Å². The minimum Gasteiger partial charge on any atom is -0.354 e. The van der Waals surface area contributed by atoms with Crippen LogP contribution in [-0.4, -0.2) is 33.1 Å². The number of ether oxygens (including phenoxy) is 2. The largest absolute Gasteiger partial charge is 0.354 e. The third kappa shape index (κ3) is 4.72. The van der Waals surface area contributed by atoms with Crippen LogP contribution in [0.2, 0.25) is 0 Å². The lowest BCUT2D eigenvalue weighted by molar-refractivity contribution is -0.118. The summed E-state index contributed by atoms with van der Waals surface area (Å²) in [6, 6.07) is 0.0931. The standard InChI is InChI=1S/C8H16ClNO2/c1-6(9)5-10-7(2)8(11-3)12-4/h7-8,10H,1,5H2,2-4H3. The van der Waals surface area contributed by atoms with Crippen LogP contribution in [0.15, 0.2) is 11.6 Å². The number of methoxy groups -OCH3 is 2. The van der Waals surface area contributed by atoms with Gasteiger partial charge in [-0.2, -0.15) is 0 Å². The molecule has 0 saturated carbocycles. The molecule has 3 nitrogen and oxygen atoms in total.